The van der Waals surface area contributed by atoms with Gasteiger partial charge in [0.1, 0.15) is 11.5 Å². The van der Waals surface area contributed by atoms with Crippen molar-refractivity contribution in [2.45, 2.75) is 64.0 Å². The average Bonchev–Trinajstić information content (AvgIpc) is 3.71. The van der Waals surface area contributed by atoms with Crippen LogP contribution in [0.5, 0.6) is 11.5 Å². The van der Waals surface area contributed by atoms with E-state index in [1.54, 1.807) is 14.2 Å². The van der Waals surface area contributed by atoms with Crippen molar-refractivity contribution >= 4 is 5.91 Å². The zero-order valence-electron chi connectivity index (χ0n) is 21.8. The maximum atomic E-state index is 13.7. The van der Waals surface area contributed by atoms with Gasteiger partial charge in [-0.1, -0.05) is 25.1 Å². The van der Waals surface area contributed by atoms with Crippen LogP contribution in [-0.2, 0) is 23.2 Å². The summed E-state index contributed by atoms with van der Waals surface area (Å²) in [6.07, 6.45) is 5.33. The van der Waals surface area contributed by atoms with Gasteiger partial charge in [-0.05, 0) is 86.0 Å². The molecule has 5 heteroatoms. The fourth-order valence-electron chi connectivity index (χ4n) is 6.59. The molecule has 0 N–H and O–H groups in total. The van der Waals surface area contributed by atoms with E-state index >= 15 is 0 Å². The molecule has 188 valence electrons. The molecule has 2 aromatic carbocycles. The zero-order chi connectivity index (χ0) is 24.6. The summed E-state index contributed by atoms with van der Waals surface area (Å²) < 4.78 is 11.0. The summed E-state index contributed by atoms with van der Waals surface area (Å²) >= 11 is 0. The Bertz CT molecular complexity index is 1050. The van der Waals surface area contributed by atoms with E-state index in [4.69, 9.17) is 9.47 Å². The smallest absolute Gasteiger partial charge is 0.223 e. The Kier molecular flexibility index (Phi) is 6.80. The number of carbonyl (C=O) groups excluding carboxylic acids is 1. The van der Waals surface area contributed by atoms with Crippen LogP contribution in [0.15, 0.2) is 42.5 Å². The standard InChI is InChI=1S/C30H40N2O3/c1-5-24-10-13-26(35-4)16-27(24)30-14-15-31(18-22-6-7-22)21(2)28(30)20-32(29(33)17-30)19-23-8-11-25(34-3)12-9-23/h8-13,16,21-22,28H,5-7,14-15,17-20H2,1-4H3. The molecule has 3 aliphatic rings. The summed E-state index contributed by atoms with van der Waals surface area (Å²) in [5.41, 5.74) is 3.72. The molecule has 2 saturated heterocycles. The summed E-state index contributed by atoms with van der Waals surface area (Å²) in [4.78, 5) is 18.6. The number of benzene rings is 2. The fourth-order valence-corrected chi connectivity index (χ4v) is 6.59. The molecule has 2 heterocycles. The third-order valence-electron chi connectivity index (χ3n) is 8.91. The van der Waals surface area contributed by atoms with Gasteiger partial charge in [0.05, 0.1) is 14.2 Å². The van der Waals surface area contributed by atoms with Gasteiger partial charge in [0.25, 0.3) is 0 Å². The predicted molar refractivity (Wildman–Crippen MR) is 139 cm³/mol. The number of carbonyl (C=O) groups is 1. The van der Waals surface area contributed by atoms with Gasteiger partial charge >= 0.3 is 0 Å². The average molecular weight is 477 g/mol. The normalized spacial score (nSPS) is 27.0. The second kappa shape index (κ2) is 9.85. The van der Waals surface area contributed by atoms with Gasteiger partial charge in [0.2, 0.25) is 5.91 Å². The molecule has 1 saturated carbocycles. The maximum Gasteiger partial charge on any atom is 0.223 e. The Hall–Kier alpha value is -2.53. The first-order valence-corrected chi connectivity index (χ1v) is 13.3. The van der Waals surface area contributed by atoms with Gasteiger partial charge in [0, 0.05) is 43.4 Å². The van der Waals surface area contributed by atoms with Crippen molar-refractivity contribution in [2.75, 3.05) is 33.9 Å². The van der Waals surface area contributed by atoms with Crippen molar-refractivity contribution in [3.05, 3.63) is 59.2 Å². The number of hydrogen-bond acceptors (Lipinski definition) is 4. The summed E-state index contributed by atoms with van der Waals surface area (Å²) in [6, 6.07) is 15.1. The summed E-state index contributed by atoms with van der Waals surface area (Å²) in [7, 11) is 3.42. The largest absolute Gasteiger partial charge is 0.497 e. The van der Waals surface area contributed by atoms with Crippen LogP contribution >= 0.6 is 0 Å². The van der Waals surface area contributed by atoms with Crippen molar-refractivity contribution in [3.63, 3.8) is 0 Å². The molecular weight excluding hydrogens is 436 g/mol. The minimum absolute atomic E-state index is 0.132. The van der Waals surface area contributed by atoms with E-state index in [2.05, 4.69) is 54.0 Å². The first kappa shape index (κ1) is 24.2. The molecule has 0 spiro atoms. The van der Waals surface area contributed by atoms with Crippen LogP contribution in [-0.4, -0.2) is 55.6 Å². The lowest BCUT2D eigenvalue weighted by Crippen LogP contribution is -2.63. The Balaban J connectivity index is 1.49. The molecule has 3 atom stereocenters. The molecule has 0 aromatic heterocycles. The highest BCUT2D eigenvalue weighted by Crippen LogP contribution is 2.51. The summed E-state index contributed by atoms with van der Waals surface area (Å²) in [5.74, 6) is 3.27. The maximum absolute atomic E-state index is 13.7. The molecule has 3 unspecified atom stereocenters. The molecular formula is C30H40N2O3. The van der Waals surface area contributed by atoms with Gasteiger partial charge < -0.3 is 14.4 Å². The lowest BCUT2D eigenvalue weighted by Gasteiger charge is -2.56. The van der Waals surface area contributed by atoms with Crippen molar-refractivity contribution in [1.29, 1.82) is 0 Å². The molecule has 1 aliphatic carbocycles. The van der Waals surface area contributed by atoms with Crippen LogP contribution in [0.1, 0.15) is 56.2 Å². The lowest BCUT2D eigenvalue weighted by atomic mass is 9.58. The van der Waals surface area contributed by atoms with Crippen molar-refractivity contribution in [2.24, 2.45) is 11.8 Å². The highest BCUT2D eigenvalue weighted by Gasteiger charge is 2.54. The van der Waals surface area contributed by atoms with E-state index in [1.165, 1.54) is 30.5 Å². The summed E-state index contributed by atoms with van der Waals surface area (Å²) in [6.45, 7) is 8.37. The number of nitrogens with zero attached hydrogens (tertiary/aromatic N) is 2. The molecule has 35 heavy (non-hydrogen) atoms. The number of fused-ring (bicyclic) bond motifs is 1. The number of rotatable bonds is 8. The van der Waals surface area contributed by atoms with Crippen LogP contribution in [0.25, 0.3) is 0 Å². The molecule has 2 aliphatic heterocycles. The minimum atomic E-state index is -0.132. The number of likely N-dealkylation sites (tertiary alicyclic amines) is 2. The lowest BCUT2D eigenvalue weighted by molar-refractivity contribution is -0.143. The van der Waals surface area contributed by atoms with Gasteiger partial charge in [0.15, 0.2) is 0 Å². The van der Waals surface area contributed by atoms with Crippen LogP contribution in [0, 0.1) is 11.8 Å². The Morgan fingerprint density at radius 2 is 1.74 bits per heavy atom. The molecule has 3 fully saturated rings. The second-order valence-electron chi connectivity index (χ2n) is 10.9. The van der Waals surface area contributed by atoms with Crippen molar-refractivity contribution in [3.8, 4) is 11.5 Å². The fraction of sp³-hybridized carbons (Fsp3) is 0.567. The zero-order valence-corrected chi connectivity index (χ0v) is 21.8. The van der Waals surface area contributed by atoms with Crippen molar-refractivity contribution in [1.82, 2.24) is 9.80 Å². The number of amides is 1. The SMILES string of the molecule is CCc1ccc(OC)cc1C12CCN(CC3CC3)C(C)C1CN(Cc1ccc(OC)cc1)C(=O)C2. The topological polar surface area (TPSA) is 42.0 Å². The highest BCUT2D eigenvalue weighted by molar-refractivity contribution is 5.79. The molecule has 5 rings (SSSR count). The van der Waals surface area contributed by atoms with E-state index in [1.807, 2.05) is 12.1 Å². The molecule has 2 aromatic rings. The quantitative estimate of drug-likeness (QED) is 0.534. The van der Waals surface area contributed by atoms with E-state index in [9.17, 15) is 4.79 Å². The molecule has 0 radical (unpaired) electrons. The van der Waals surface area contributed by atoms with E-state index in [0.717, 1.165) is 48.9 Å². The van der Waals surface area contributed by atoms with Gasteiger partial charge in [-0.25, -0.2) is 0 Å². The van der Waals surface area contributed by atoms with E-state index in [0.29, 0.717) is 24.9 Å². The third kappa shape index (κ3) is 4.67. The summed E-state index contributed by atoms with van der Waals surface area (Å²) in [5, 5.41) is 0. The Morgan fingerprint density at radius 1 is 1.03 bits per heavy atom. The number of piperidine rings is 2. The van der Waals surface area contributed by atoms with E-state index < -0.39 is 0 Å². The number of hydrogen-bond donors (Lipinski definition) is 0. The van der Waals surface area contributed by atoms with Crippen LogP contribution in [0.2, 0.25) is 0 Å². The monoisotopic (exact) mass is 476 g/mol. The predicted octanol–water partition coefficient (Wildman–Crippen LogP) is 5.06. The minimum Gasteiger partial charge on any atom is -0.497 e. The van der Waals surface area contributed by atoms with Gasteiger partial charge in [-0.3, -0.25) is 9.69 Å². The first-order chi connectivity index (χ1) is 17.0. The number of ether oxygens (including phenoxy) is 2. The molecule has 5 nitrogen and oxygen atoms in total. The number of aryl methyl sites for hydroxylation is 1. The van der Waals surface area contributed by atoms with Crippen LogP contribution in [0.3, 0.4) is 0 Å². The van der Waals surface area contributed by atoms with Crippen LogP contribution in [0.4, 0.5) is 0 Å². The highest BCUT2D eigenvalue weighted by atomic mass is 16.5. The Labute approximate surface area is 210 Å². The Morgan fingerprint density at radius 3 is 2.40 bits per heavy atom. The van der Waals surface area contributed by atoms with Crippen LogP contribution < -0.4 is 9.47 Å². The first-order valence-electron chi connectivity index (χ1n) is 13.3. The third-order valence-corrected chi connectivity index (χ3v) is 8.91. The number of methoxy groups -OCH3 is 2. The molecule has 0 bridgehead atoms. The van der Waals surface area contributed by atoms with Gasteiger partial charge in [-0.2, -0.15) is 0 Å². The van der Waals surface area contributed by atoms with E-state index in [-0.39, 0.29) is 11.3 Å². The molecule has 1 amide bonds. The second-order valence-corrected chi connectivity index (χ2v) is 10.9. The van der Waals surface area contributed by atoms with Crippen molar-refractivity contribution < 1.29 is 14.3 Å². The van der Waals surface area contributed by atoms with Gasteiger partial charge in [-0.15, -0.1) is 0 Å².